The molecule has 4 nitrogen and oxygen atoms in total. The van der Waals surface area contributed by atoms with Gasteiger partial charge in [-0.25, -0.2) is 0 Å². The molecule has 1 N–H and O–H groups in total. The molecule has 4 heteroatoms. The Morgan fingerprint density at radius 2 is 1.82 bits per heavy atom. The van der Waals surface area contributed by atoms with Crippen molar-refractivity contribution in [2.45, 2.75) is 39.0 Å². The molecule has 0 aromatic carbocycles. The summed E-state index contributed by atoms with van der Waals surface area (Å²) in [5.41, 5.74) is 0. The third-order valence-electron chi connectivity index (χ3n) is 3.42. The Labute approximate surface area is 105 Å². The first-order valence-corrected chi connectivity index (χ1v) is 6.83. The SMILES string of the molecule is CC(=O)N1CCCN(CCCCCCO)CC1. The maximum absolute atomic E-state index is 11.3. The van der Waals surface area contributed by atoms with Crippen LogP contribution in [0.2, 0.25) is 0 Å². The first-order chi connectivity index (χ1) is 8.24. The van der Waals surface area contributed by atoms with Crippen LogP contribution >= 0.6 is 0 Å². The summed E-state index contributed by atoms with van der Waals surface area (Å²) in [5.74, 6) is 0.204. The Morgan fingerprint density at radius 1 is 1.06 bits per heavy atom. The number of nitrogens with zero attached hydrogens (tertiary/aromatic N) is 2. The minimum absolute atomic E-state index is 0.204. The average molecular weight is 242 g/mol. The van der Waals surface area contributed by atoms with Crippen molar-refractivity contribution in [2.24, 2.45) is 0 Å². The molecular formula is C13H26N2O2. The number of carbonyl (C=O) groups is 1. The highest BCUT2D eigenvalue weighted by Gasteiger charge is 2.15. The normalized spacial score (nSPS) is 18.1. The average Bonchev–Trinajstić information content (AvgIpc) is 2.54. The lowest BCUT2D eigenvalue weighted by Crippen LogP contribution is -2.33. The van der Waals surface area contributed by atoms with Gasteiger partial charge in [-0.05, 0) is 32.4 Å². The quantitative estimate of drug-likeness (QED) is 0.709. The van der Waals surface area contributed by atoms with Crippen molar-refractivity contribution in [3.63, 3.8) is 0 Å². The van der Waals surface area contributed by atoms with Crippen LogP contribution in [0.5, 0.6) is 0 Å². The van der Waals surface area contributed by atoms with Gasteiger partial charge in [-0.1, -0.05) is 12.8 Å². The molecule has 1 fully saturated rings. The molecule has 17 heavy (non-hydrogen) atoms. The maximum atomic E-state index is 11.3. The largest absolute Gasteiger partial charge is 0.396 e. The van der Waals surface area contributed by atoms with Gasteiger partial charge in [0.25, 0.3) is 0 Å². The van der Waals surface area contributed by atoms with Gasteiger partial charge in [0, 0.05) is 33.2 Å². The topological polar surface area (TPSA) is 43.8 Å². The predicted octanol–water partition coefficient (Wildman–Crippen LogP) is 1.09. The second-order valence-corrected chi connectivity index (χ2v) is 4.84. The number of rotatable bonds is 6. The first-order valence-electron chi connectivity index (χ1n) is 6.83. The molecule has 0 spiro atoms. The summed E-state index contributed by atoms with van der Waals surface area (Å²) < 4.78 is 0. The number of aliphatic hydroxyl groups excluding tert-OH is 1. The summed E-state index contributed by atoms with van der Waals surface area (Å²) in [6.07, 6.45) is 5.56. The zero-order valence-corrected chi connectivity index (χ0v) is 11.0. The number of hydrogen-bond donors (Lipinski definition) is 1. The van der Waals surface area contributed by atoms with Crippen molar-refractivity contribution in [3.8, 4) is 0 Å². The Morgan fingerprint density at radius 3 is 2.53 bits per heavy atom. The lowest BCUT2D eigenvalue weighted by molar-refractivity contribution is -0.128. The smallest absolute Gasteiger partial charge is 0.219 e. The molecular weight excluding hydrogens is 216 g/mol. The van der Waals surface area contributed by atoms with Crippen molar-refractivity contribution < 1.29 is 9.90 Å². The molecule has 0 aliphatic carbocycles. The maximum Gasteiger partial charge on any atom is 0.219 e. The van der Waals surface area contributed by atoms with Gasteiger partial charge in [0.2, 0.25) is 5.91 Å². The standard InChI is InChI=1S/C13H26N2O2/c1-13(17)15-9-6-8-14(10-11-15)7-4-2-3-5-12-16/h16H,2-12H2,1H3. The summed E-state index contributed by atoms with van der Waals surface area (Å²) in [4.78, 5) is 15.7. The van der Waals surface area contributed by atoms with E-state index in [2.05, 4.69) is 4.90 Å². The molecule has 0 aromatic heterocycles. The van der Waals surface area contributed by atoms with Gasteiger partial charge in [-0.2, -0.15) is 0 Å². The van der Waals surface area contributed by atoms with Crippen molar-refractivity contribution in [1.29, 1.82) is 0 Å². The summed E-state index contributed by atoms with van der Waals surface area (Å²) in [6, 6.07) is 0. The molecule has 1 heterocycles. The Hall–Kier alpha value is -0.610. The monoisotopic (exact) mass is 242 g/mol. The molecule has 0 aromatic rings. The molecule has 1 aliphatic heterocycles. The molecule has 0 unspecified atom stereocenters. The van der Waals surface area contributed by atoms with Crippen LogP contribution in [0.15, 0.2) is 0 Å². The Balaban J connectivity index is 2.11. The van der Waals surface area contributed by atoms with Crippen LogP contribution in [-0.2, 0) is 4.79 Å². The van der Waals surface area contributed by atoms with Crippen LogP contribution in [0.25, 0.3) is 0 Å². The van der Waals surface area contributed by atoms with E-state index in [0.717, 1.165) is 52.0 Å². The van der Waals surface area contributed by atoms with E-state index >= 15 is 0 Å². The summed E-state index contributed by atoms with van der Waals surface area (Å²) in [6.45, 7) is 7.03. The van der Waals surface area contributed by atoms with Crippen molar-refractivity contribution in [2.75, 3.05) is 39.3 Å². The minimum Gasteiger partial charge on any atom is -0.396 e. The van der Waals surface area contributed by atoms with E-state index < -0.39 is 0 Å². The van der Waals surface area contributed by atoms with E-state index in [9.17, 15) is 4.79 Å². The molecule has 1 aliphatic rings. The highest BCUT2D eigenvalue weighted by molar-refractivity contribution is 5.73. The van der Waals surface area contributed by atoms with Crippen LogP contribution in [0.1, 0.15) is 39.0 Å². The van der Waals surface area contributed by atoms with Gasteiger partial charge >= 0.3 is 0 Å². The molecule has 0 atom stereocenters. The summed E-state index contributed by atoms with van der Waals surface area (Å²) >= 11 is 0. The van der Waals surface area contributed by atoms with E-state index in [1.807, 2.05) is 4.90 Å². The third kappa shape index (κ3) is 6.03. The number of hydrogen-bond acceptors (Lipinski definition) is 3. The van der Waals surface area contributed by atoms with Crippen molar-refractivity contribution in [1.82, 2.24) is 9.80 Å². The fraction of sp³-hybridized carbons (Fsp3) is 0.923. The number of aliphatic hydroxyl groups is 1. The number of amides is 1. The highest BCUT2D eigenvalue weighted by Crippen LogP contribution is 2.06. The Bertz CT molecular complexity index is 221. The van der Waals surface area contributed by atoms with Gasteiger partial charge < -0.3 is 14.9 Å². The summed E-state index contributed by atoms with van der Waals surface area (Å²) in [7, 11) is 0. The molecule has 100 valence electrons. The fourth-order valence-corrected chi connectivity index (χ4v) is 2.31. The van der Waals surface area contributed by atoms with Crippen LogP contribution < -0.4 is 0 Å². The lowest BCUT2D eigenvalue weighted by Gasteiger charge is -2.20. The van der Waals surface area contributed by atoms with E-state index in [1.54, 1.807) is 6.92 Å². The number of unbranched alkanes of at least 4 members (excludes halogenated alkanes) is 3. The van der Waals surface area contributed by atoms with E-state index in [0.29, 0.717) is 6.61 Å². The lowest BCUT2D eigenvalue weighted by atomic mass is 10.2. The van der Waals surface area contributed by atoms with Gasteiger partial charge in [-0.15, -0.1) is 0 Å². The summed E-state index contributed by atoms with van der Waals surface area (Å²) in [5, 5.41) is 8.68. The highest BCUT2D eigenvalue weighted by atomic mass is 16.2. The second kappa shape index (κ2) is 8.48. The third-order valence-corrected chi connectivity index (χ3v) is 3.42. The van der Waals surface area contributed by atoms with Crippen molar-refractivity contribution >= 4 is 5.91 Å². The predicted molar refractivity (Wildman–Crippen MR) is 68.9 cm³/mol. The molecule has 0 saturated carbocycles. The molecule has 1 saturated heterocycles. The van der Waals surface area contributed by atoms with Gasteiger partial charge in [0.15, 0.2) is 0 Å². The molecule has 1 rings (SSSR count). The second-order valence-electron chi connectivity index (χ2n) is 4.84. The zero-order chi connectivity index (χ0) is 12.5. The van der Waals surface area contributed by atoms with E-state index in [1.165, 1.54) is 12.8 Å². The Kier molecular flexibility index (Phi) is 7.21. The van der Waals surface area contributed by atoms with Crippen LogP contribution in [0.4, 0.5) is 0 Å². The van der Waals surface area contributed by atoms with Crippen LogP contribution in [-0.4, -0.2) is 60.1 Å². The zero-order valence-electron chi connectivity index (χ0n) is 11.0. The van der Waals surface area contributed by atoms with Crippen molar-refractivity contribution in [3.05, 3.63) is 0 Å². The minimum atomic E-state index is 0.204. The van der Waals surface area contributed by atoms with Gasteiger partial charge in [0.05, 0.1) is 0 Å². The fourth-order valence-electron chi connectivity index (χ4n) is 2.31. The van der Waals surface area contributed by atoms with Gasteiger partial charge in [-0.3, -0.25) is 4.79 Å². The van der Waals surface area contributed by atoms with E-state index in [-0.39, 0.29) is 5.91 Å². The molecule has 0 radical (unpaired) electrons. The first kappa shape index (κ1) is 14.5. The van der Waals surface area contributed by atoms with E-state index in [4.69, 9.17) is 5.11 Å². The molecule has 0 bridgehead atoms. The van der Waals surface area contributed by atoms with Crippen LogP contribution in [0, 0.1) is 0 Å². The van der Waals surface area contributed by atoms with Crippen LogP contribution in [0.3, 0.4) is 0 Å². The number of carbonyl (C=O) groups excluding carboxylic acids is 1. The van der Waals surface area contributed by atoms with Gasteiger partial charge in [0.1, 0.15) is 0 Å². The molecule has 1 amide bonds.